The molecular formula is C24H17ClN4O3S. The highest BCUT2D eigenvalue weighted by Crippen LogP contribution is 2.30. The van der Waals surface area contributed by atoms with Gasteiger partial charge in [-0.15, -0.1) is 0 Å². The van der Waals surface area contributed by atoms with E-state index in [0.717, 1.165) is 15.8 Å². The topological polar surface area (TPSA) is 88.7 Å². The van der Waals surface area contributed by atoms with Crippen LogP contribution in [-0.2, 0) is 4.79 Å². The van der Waals surface area contributed by atoms with Crippen molar-refractivity contribution in [2.75, 3.05) is 5.01 Å². The van der Waals surface area contributed by atoms with Gasteiger partial charge in [0.15, 0.2) is 0 Å². The average Bonchev–Trinajstić information content (AvgIpc) is 3.21. The third-order valence-electron chi connectivity index (χ3n) is 4.66. The lowest BCUT2D eigenvalue weighted by Gasteiger charge is -2.11. The Kier molecular flexibility index (Phi) is 6.58. The van der Waals surface area contributed by atoms with E-state index in [-0.39, 0.29) is 5.69 Å². The predicted molar refractivity (Wildman–Crippen MR) is 133 cm³/mol. The summed E-state index contributed by atoms with van der Waals surface area (Å²) in [4.78, 5) is 28.1. The van der Waals surface area contributed by atoms with E-state index in [9.17, 15) is 14.9 Å². The number of halogens is 1. The number of thiazole rings is 1. The Morgan fingerprint density at radius 3 is 2.64 bits per heavy atom. The standard InChI is InChI=1S/C24H17ClN4O3S/c1-16-6-12-21-22(14-16)33-24(27-21)28(23(30)13-9-18-4-2-3-5-20(18)25)26-15-17-7-10-19(11-8-17)29(31)32/h2-15H,1H3/b13-9+,26-15+. The third kappa shape index (κ3) is 5.31. The number of non-ortho nitro benzene ring substituents is 1. The van der Waals surface area contributed by atoms with E-state index in [1.165, 1.54) is 40.8 Å². The zero-order valence-corrected chi connectivity index (χ0v) is 19.0. The van der Waals surface area contributed by atoms with Crippen LogP contribution in [0.25, 0.3) is 16.3 Å². The lowest BCUT2D eigenvalue weighted by atomic mass is 10.2. The van der Waals surface area contributed by atoms with Crippen molar-refractivity contribution in [1.29, 1.82) is 0 Å². The van der Waals surface area contributed by atoms with Gasteiger partial charge in [0.05, 0.1) is 21.4 Å². The number of hydrogen-bond acceptors (Lipinski definition) is 6. The van der Waals surface area contributed by atoms with E-state index < -0.39 is 10.8 Å². The summed E-state index contributed by atoms with van der Waals surface area (Å²) in [6, 6.07) is 18.9. The Morgan fingerprint density at radius 1 is 1.15 bits per heavy atom. The number of hydrogen-bond donors (Lipinski definition) is 0. The molecule has 1 amide bonds. The number of aromatic nitrogens is 1. The Morgan fingerprint density at radius 2 is 1.91 bits per heavy atom. The first-order chi connectivity index (χ1) is 15.9. The van der Waals surface area contributed by atoms with Crippen LogP contribution in [0.15, 0.2) is 77.9 Å². The summed E-state index contributed by atoms with van der Waals surface area (Å²) in [5.41, 5.74) is 3.13. The largest absolute Gasteiger partial charge is 0.273 e. The van der Waals surface area contributed by atoms with Crippen LogP contribution in [0.2, 0.25) is 5.02 Å². The number of rotatable bonds is 6. The molecule has 0 aliphatic carbocycles. The molecule has 0 saturated heterocycles. The first-order valence-corrected chi connectivity index (χ1v) is 11.0. The molecule has 0 unspecified atom stereocenters. The number of nitro groups is 1. The maximum absolute atomic E-state index is 13.1. The summed E-state index contributed by atoms with van der Waals surface area (Å²) in [7, 11) is 0. The quantitative estimate of drug-likeness (QED) is 0.142. The van der Waals surface area contributed by atoms with Crippen molar-refractivity contribution in [2.45, 2.75) is 6.92 Å². The fourth-order valence-electron chi connectivity index (χ4n) is 2.96. The number of benzene rings is 3. The molecule has 0 aliphatic rings. The van der Waals surface area contributed by atoms with E-state index in [1.54, 1.807) is 30.3 Å². The molecule has 0 bridgehead atoms. The van der Waals surface area contributed by atoms with Gasteiger partial charge in [-0.05, 0) is 60.0 Å². The molecule has 164 valence electrons. The molecule has 0 aliphatic heterocycles. The summed E-state index contributed by atoms with van der Waals surface area (Å²) in [5.74, 6) is -0.413. The number of aryl methyl sites for hydroxylation is 1. The third-order valence-corrected chi connectivity index (χ3v) is 6.00. The first-order valence-electron chi connectivity index (χ1n) is 9.83. The van der Waals surface area contributed by atoms with Gasteiger partial charge < -0.3 is 0 Å². The molecule has 9 heteroatoms. The molecule has 1 aromatic heterocycles. The SMILES string of the molecule is Cc1ccc2nc(N(/N=C/c3ccc([N+](=O)[O-])cc3)C(=O)/C=C/c3ccccc3Cl)sc2c1. The van der Waals surface area contributed by atoms with Gasteiger partial charge >= 0.3 is 0 Å². The van der Waals surface area contributed by atoms with Gasteiger partial charge in [0.25, 0.3) is 11.6 Å². The molecule has 0 spiro atoms. The second-order valence-electron chi connectivity index (χ2n) is 7.07. The van der Waals surface area contributed by atoms with Crippen LogP contribution in [0.4, 0.5) is 10.8 Å². The van der Waals surface area contributed by atoms with Crippen LogP contribution >= 0.6 is 22.9 Å². The minimum atomic E-state index is -0.473. The Bertz CT molecular complexity index is 1400. The minimum absolute atomic E-state index is 0.0238. The smallest absolute Gasteiger partial charge is 0.267 e. The number of nitrogens with zero attached hydrogens (tertiary/aromatic N) is 4. The van der Waals surface area contributed by atoms with Gasteiger partial charge in [-0.3, -0.25) is 14.9 Å². The second kappa shape index (κ2) is 9.72. The van der Waals surface area contributed by atoms with Crippen molar-refractivity contribution in [1.82, 2.24) is 4.98 Å². The number of anilines is 1. The number of nitro benzene ring substituents is 1. The van der Waals surface area contributed by atoms with Crippen LogP contribution in [0.3, 0.4) is 0 Å². The van der Waals surface area contributed by atoms with Crippen LogP contribution in [0.5, 0.6) is 0 Å². The van der Waals surface area contributed by atoms with Gasteiger partial charge in [-0.2, -0.15) is 10.1 Å². The van der Waals surface area contributed by atoms with Crippen molar-refractivity contribution in [3.05, 3.63) is 105 Å². The Hall–Kier alpha value is -3.88. The lowest BCUT2D eigenvalue weighted by Crippen LogP contribution is -2.23. The van der Waals surface area contributed by atoms with Gasteiger partial charge in [0.2, 0.25) is 5.13 Å². The Labute approximate surface area is 198 Å². The van der Waals surface area contributed by atoms with Crippen LogP contribution in [0.1, 0.15) is 16.7 Å². The fourth-order valence-corrected chi connectivity index (χ4v) is 4.19. The molecule has 0 fully saturated rings. The summed E-state index contributed by atoms with van der Waals surface area (Å²) in [6.45, 7) is 1.99. The minimum Gasteiger partial charge on any atom is -0.267 e. The highest BCUT2D eigenvalue weighted by Gasteiger charge is 2.17. The highest BCUT2D eigenvalue weighted by atomic mass is 35.5. The summed E-state index contributed by atoms with van der Waals surface area (Å²) < 4.78 is 0.934. The molecule has 4 rings (SSSR count). The molecule has 4 aromatic rings. The predicted octanol–water partition coefficient (Wildman–Crippen LogP) is 6.25. The van der Waals surface area contributed by atoms with E-state index in [4.69, 9.17) is 11.6 Å². The lowest BCUT2D eigenvalue weighted by molar-refractivity contribution is -0.384. The zero-order chi connectivity index (χ0) is 23.4. The van der Waals surface area contributed by atoms with Crippen molar-refractivity contribution < 1.29 is 9.72 Å². The van der Waals surface area contributed by atoms with E-state index in [0.29, 0.717) is 21.3 Å². The maximum Gasteiger partial charge on any atom is 0.273 e. The van der Waals surface area contributed by atoms with Crippen molar-refractivity contribution in [3.8, 4) is 0 Å². The average molecular weight is 477 g/mol. The zero-order valence-electron chi connectivity index (χ0n) is 17.4. The van der Waals surface area contributed by atoms with Gasteiger partial charge in [0.1, 0.15) is 0 Å². The molecule has 7 nitrogen and oxygen atoms in total. The second-order valence-corrected chi connectivity index (χ2v) is 8.48. The summed E-state index contributed by atoms with van der Waals surface area (Å²) >= 11 is 7.53. The maximum atomic E-state index is 13.1. The molecule has 3 aromatic carbocycles. The van der Waals surface area contributed by atoms with Crippen molar-refractivity contribution in [2.24, 2.45) is 5.10 Å². The molecule has 0 N–H and O–H groups in total. The van der Waals surface area contributed by atoms with Crippen molar-refractivity contribution >= 4 is 62.2 Å². The van der Waals surface area contributed by atoms with Crippen LogP contribution < -0.4 is 5.01 Å². The number of amides is 1. The van der Waals surface area contributed by atoms with Crippen molar-refractivity contribution in [3.63, 3.8) is 0 Å². The molecule has 0 radical (unpaired) electrons. The van der Waals surface area contributed by atoms with Crippen LogP contribution in [0, 0.1) is 17.0 Å². The number of hydrazone groups is 1. The normalized spacial score (nSPS) is 11.5. The van der Waals surface area contributed by atoms with Gasteiger partial charge in [-0.25, -0.2) is 4.98 Å². The van der Waals surface area contributed by atoms with Gasteiger partial charge in [-0.1, -0.05) is 47.2 Å². The molecular weight excluding hydrogens is 460 g/mol. The molecule has 0 atom stereocenters. The van der Waals surface area contributed by atoms with E-state index >= 15 is 0 Å². The molecule has 1 heterocycles. The molecule has 0 saturated carbocycles. The van der Waals surface area contributed by atoms with Gasteiger partial charge in [0, 0.05) is 23.2 Å². The number of carbonyl (C=O) groups excluding carboxylic acids is 1. The summed E-state index contributed by atoms with van der Waals surface area (Å²) in [5, 5.41) is 17.3. The van der Waals surface area contributed by atoms with E-state index in [2.05, 4.69) is 10.1 Å². The van der Waals surface area contributed by atoms with E-state index in [1.807, 2.05) is 37.3 Å². The number of fused-ring (bicyclic) bond motifs is 1. The fraction of sp³-hybridized carbons (Fsp3) is 0.0417. The monoisotopic (exact) mass is 476 g/mol. The summed E-state index contributed by atoms with van der Waals surface area (Å²) in [6.07, 6.45) is 4.46. The molecule has 33 heavy (non-hydrogen) atoms. The van der Waals surface area contributed by atoms with Crippen LogP contribution in [-0.4, -0.2) is 22.0 Å². The number of carbonyl (C=O) groups is 1. The highest BCUT2D eigenvalue weighted by molar-refractivity contribution is 7.22. The first kappa shape index (κ1) is 22.3. The Balaban J connectivity index is 1.68.